The molecule has 0 unspecified atom stereocenters. The van der Waals surface area contributed by atoms with Crippen LogP contribution in [0, 0.1) is 0 Å². The van der Waals surface area contributed by atoms with Gasteiger partial charge in [0.2, 0.25) is 0 Å². The first kappa shape index (κ1) is 12.6. The lowest BCUT2D eigenvalue weighted by Crippen LogP contribution is -2.02. The number of fused-ring (bicyclic) bond motifs is 1. The third-order valence-electron chi connectivity index (χ3n) is 3.19. The zero-order valence-electron chi connectivity index (χ0n) is 11.8. The molecule has 0 spiro atoms. The van der Waals surface area contributed by atoms with Crippen LogP contribution in [0.1, 0.15) is 25.5 Å². The Kier molecular flexibility index (Phi) is 3.10. The summed E-state index contributed by atoms with van der Waals surface area (Å²) in [6.07, 6.45) is 3.92. The molecule has 3 aromatic rings. The number of hydrogen-bond acceptors (Lipinski definition) is 4. The quantitative estimate of drug-likeness (QED) is 0.792. The van der Waals surface area contributed by atoms with Gasteiger partial charge in [0, 0.05) is 31.2 Å². The van der Waals surface area contributed by atoms with Gasteiger partial charge in [-0.05, 0) is 18.1 Å². The van der Waals surface area contributed by atoms with Gasteiger partial charge in [-0.2, -0.15) is 0 Å². The molecule has 0 atom stereocenters. The van der Waals surface area contributed by atoms with Crippen molar-refractivity contribution in [3.8, 4) is 11.5 Å². The maximum absolute atomic E-state index is 4.62. The van der Waals surface area contributed by atoms with Crippen molar-refractivity contribution in [2.75, 3.05) is 12.4 Å². The zero-order valence-corrected chi connectivity index (χ0v) is 11.8. The minimum atomic E-state index is 0.348. The summed E-state index contributed by atoms with van der Waals surface area (Å²) >= 11 is 0. The van der Waals surface area contributed by atoms with E-state index in [1.54, 1.807) is 0 Å². The number of rotatable bonds is 3. The molecule has 0 saturated carbocycles. The molecule has 102 valence electrons. The molecular weight excluding hydrogens is 250 g/mol. The van der Waals surface area contributed by atoms with Gasteiger partial charge in [-0.3, -0.25) is 0 Å². The third-order valence-corrected chi connectivity index (χ3v) is 3.19. The van der Waals surface area contributed by atoms with Crippen LogP contribution < -0.4 is 5.32 Å². The molecule has 0 bridgehead atoms. The molecule has 3 rings (SSSR count). The van der Waals surface area contributed by atoms with E-state index in [0.29, 0.717) is 11.7 Å². The molecule has 0 amide bonds. The van der Waals surface area contributed by atoms with Gasteiger partial charge in [-0.15, -0.1) is 0 Å². The minimum Gasteiger partial charge on any atom is -0.373 e. The van der Waals surface area contributed by atoms with Crippen molar-refractivity contribution in [1.82, 2.24) is 19.4 Å². The van der Waals surface area contributed by atoms with Crippen LogP contribution >= 0.6 is 0 Å². The van der Waals surface area contributed by atoms with Crippen molar-refractivity contribution in [1.29, 1.82) is 0 Å². The summed E-state index contributed by atoms with van der Waals surface area (Å²) in [6.45, 7) is 4.24. The number of anilines is 1. The molecule has 0 aliphatic rings. The Morgan fingerprint density at radius 1 is 1.15 bits per heavy atom. The van der Waals surface area contributed by atoms with Crippen LogP contribution in [-0.4, -0.2) is 26.4 Å². The number of nitrogens with zero attached hydrogens (tertiary/aromatic N) is 4. The Hall–Kier alpha value is -2.43. The first-order valence-electron chi connectivity index (χ1n) is 6.68. The average Bonchev–Trinajstić information content (AvgIpc) is 2.90. The second-order valence-electron chi connectivity index (χ2n) is 5.00. The largest absolute Gasteiger partial charge is 0.373 e. The predicted molar refractivity (Wildman–Crippen MR) is 79.9 cm³/mol. The van der Waals surface area contributed by atoms with Gasteiger partial charge in [0.05, 0.1) is 0 Å². The summed E-state index contributed by atoms with van der Waals surface area (Å²) in [5, 5.41) is 3.08. The van der Waals surface area contributed by atoms with Gasteiger partial charge in [0.15, 0.2) is 5.82 Å². The summed E-state index contributed by atoms with van der Waals surface area (Å²) in [5.41, 5.74) is 2.69. The Morgan fingerprint density at radius 2 is 2.00 bits per heavy atom. The number of hydrogen-bond donors (Lipinski definition) is 1. The zero-order chi connectivity index (χ0) is 14.1. The van der Waals surface area contributed by atoms with Crippen molar-refractivity contribution in [3.05, 3.63) is 42.4 Å². The molecule has 5 heteroatoms. The fourth-order valence-electron chi connectivity index (χ4n) is 2.05. The molecule has 5 nitrogen and oxygen atoms in total. The highest BCUT2D eigenvalue weighted by atomic mass is 15.1. The molecule has 1 N–H and O–H groups in total. The number of pyridine rings is 1. The van der Waals surface area contributed by atoms with E-state index in [1.807, 2.05) is 48.1 Å². The molecule has 0 radical (unpaired) electrons. The van der Waals surface area contributed by atoms with Crippen LogP contribution in [-0.2, 0) is 0 Å². The standard InChI is InChI=1S/C15H17N5/c1-10(2)11-8-13(16-3)19-15(18-11)12-9-20-7-5-4-6-14(20)17-12/h4-10H,1-3H3,(H,16,18,19). The molecule has 0 aliphatic carbocycles. The number of aromatic nitrogens is 4. The summed E-state index contributed by atoms with van der Waals surface area (Å²) in [6, 6.07) is 7.89. The monoisotopic (exact) mass is 267 g/mol. The Morgan fingerprint density at radius 3 is 2.70 bits per heavy atom. The lowest BCUT2D eigenvalue weighted by atomic mass is 10.1. The van der Waals surface area contributed by atoms with Crippen LogP contribution in [0.5, 0.6) is 0 Å². The second kappa shape index (κ2) is 4.92. The van der Waals surface area contributed by atoms with Gasteiger partial charge >= 0.3 is 0 Å². The van der Waals surface area contributed by atoms with Crippen molar-refractivity contribution in [2.24, 2.45) is 0 Å². The highest BCUT2D eigenvalue weighted by Gasteiger charge is 2.11. The Bertz CT molecular complexity index is 712. The fraction of sp³-hybridized carbons (Fsp3) is 0.267. The van der Waals surface area contributed by atoms with Gasteiger partial charge in [0.1, 0.15) is 17.2 Å². The molecule has 0 aromatic carbocycles. The molecule has 20 heavy (non-hydrogen) atoms. The molecule has 3 aromatic heterocycles. The normalized spacial score (nSPS) is 11.2. The highest BCUT2D eigenvalue weighted by Crippen LogP contribution is 2.21. The van der Waals surface area contributed by atoms with E-state index in [4.69, 9.17) is 0 Å². The molecular formula is C15H17N5. The van der Waals surface area contributed by atoms with E-state index >= 15 is 0 Å². The summed E-state index contributed by atoms with van der Waals surface area (Å²) in [4.78, 5) is 13.7. The van der Waals surface area contributed by atoms with Gasteiger partial charge in [0.25, 0.3) is 0 Å². The highest BCUT2D eigenvalue weighted by molar-refractivity contribution is 5.57. The van der Waals surface area contributed by atoms with E-state index in [1.165, 1.54) is 0 Å². The maximum atomic E-state index is 4.62. The lowest BCUT2D eigenvalue weighted by Gasteiger charge is -2.08. The van der Waals surface area contributed by atoms with Crippen molar-refractivity contribution >= 4 is 11.5 Å². The predicted octanol–water partition coefficient (Wildman–Crippen LogP) is 2.96. The lowest BCUT2D eigenvalue weighted by molar-refractivity contribution is 0.817. The SMILES string of the molecule is CNc1cc(C(C)C)nc(-c2cn3ccccc3n2)n1. The van der Waals surface area contributed by atoms with Crippen molar-refractivity contribution < 1.29 is 0 Å². The minimum absolute atomic E-state index is 0.348. The van der Waals surface area contributed by atoms with Crippen LogP contribution in [0.4, 0.5) is 5.82 Å². The fourth-order valence-corrected chi connectivity index (χ4v) is 2.05. The van der Waals surface area contributed by atoms with Gasteiger partial charge in [-0.1, -0.05) is 19.9 Å². The van der Waals surface area contributed by atoms with E-state index < -0.39 is 0 Å². The number of nitrogens with one attached hydrogen (secondary N) is 1. The van der Waals surface area contributed by atoms with Crippen LogP contribution in [0.2, 0.25) is 0 Å². The molecule has 3 heterocycles. The van der Waals surface area contributed by atoms with Gasteiger partial charge in [-0.25, -0.2) is 15.0 Å². The topological polar surface area (TPSA) is 55.1 Å². The first-order valence-corrected chi connectivity index (χ1v) is 6.68. The summed E-state index contributed by atoms with van der Waals surface area (Å²) in [5.74, 6) is 1.82. The maximum Gasteiger partial charge on any atom is 0.182 e. The first-order chi connectivity index (χ1) is 9.67. The summed E-state index contributed by atoms with van der Waals surface area (Å²) in [7, 11) is 1.86. The molecule has 0 aliphatic heterocycles. The van der Waals surface area contributed by atoms with E-state index in [0.717, 1.165) is 22.9 Å². The van der Waals surface area contributed by atoms with E-state index in [9.17, 15) is 0 Å². The van der Waals surface area contributed by atoms with Gasteiger partial charge < -0.3 is 9.72 Å². The molecule has 0 saturated heterocycles. The van der Waals surface area contributed by atoms with E-state index in [2.05, 4.69) is 34.1 Å². The summed E-state index contributed by atoms with van der Waals surface area (Å²) < 4.78 is 1.97. The van der Waals surface area contributed by atoms with Crippen molar-refractivity contribution in [3.63, 3.8) is 0 Å². The second-order valence-corrected chi connectivity index (χ2v) is 5.00. The van der Waals surface area contributed by atoms with Crippen LogP contribution in [0.15, 0.2) is 36.7 Å². The third kappa shape index (κ3) is 2.22. The van der Waals surface area contributed by atoms with Crippen molar-refractivity contribution in [2.45, 2.75) is 19.8 Å². The Balaban J connectivity index is 2.14. The average molecular weight is 267 g/mol. The Labute approximate surface area is 117 Å². The number of imidazole rings is 1. The van der Waals surface area contributed by atoms with Crippen LogP contribution in [0.25, 0.3) is 17.2 Å². The smallest absolute Gasteiger partial charge is 0.182 e. The molecule has 0 fully saturated rings. The van der Waals surface area contributed by atoms with E-state index in [-0.39, 0.29) is 0 Å². The van der Waals surface area contributed by atoms with Crippen LogP contribution in [0.3, 0.4) is 0 Å².